The molecule has 0 atom stereocenters. The van der Waals surface area contributed by atoms with Gasteiger partial charge in [-0.3, -0.25) is 0 Å². The first kappa shape index (κ1) is 19.2. The van der Waals surface area contributed by atoms with E-state index in [-0.39, 0.29) is 25.5 Å². The highest BCUT2D eigenvalue weighted by Gasteiger charge is 2.32. The fraction of sp³-hybridized carbons (Fsp3) is 0.538. The van der Waals surface area contributed by atoms with Crippen LogP contribution in [0.5, 0.6) is 0 Å². The normalized spacial score (nSPS) is 17.3. The molecule has 0 aromatic heterocycles. The van der Waals surface area contributed by atoms with E-state index in [9.17, 15) is 21.6 Å². The van der Waals surface area contributed by atoms with E-state index in [4.69, 9.17) is 0 Å². The molecule has 1 aliphatic rings. The Morgan fingerprint density at radius 2 is 1.77 bits per heavy atom. The van der Waals surface area contributed by atoms with Gasteiger partial charge in [-0.05, 0) is 44.5 Å². The summed E-state index contributed by atoms with van der Waals surface area (Å²) < 4.78 is 65.5. The minimum absolute atomic E-state index is 0. The van der Waals surface area contributed by atoms with Crippen LogP contribution in [0.25, 0.3) is 0 Å². The topological polar surface area (TPSA) is 49.4 Å². The van der Waals surface area contributed by atoms with Crippen molar-refractivity contribution in [3.8, 4) is 0 Å². The third kappa shape index (κ3) is 3.73. The second-order valence-corrected chi connectivity index (χ2v) is 6.98. The van der Waals surface area contributed by atoms with Gasteiger partial charge in [-0.1, -0.05) is 0 Å². The van der Waals surface area contributed by atoms with Gasteiger partial charge in [0, 0.05) is 13.1 Å². The lowest BCUT2D eigenvalue weighted by atomic mass is 9.98. The molecular formula is C13H18ClF3N2O2S. The van der Waals surface area contributed by atoms with Crippen LogP contribution in [-0.4, -0.2) is 39.4 Å². The molecule has 4 nitrogen and oxygen atoms in total. The summed E-state index contributed by atoms with van der Waals surface area (Å²) in [4.78, 5) is -0.812. The third-order valence-corrected chi connectivity index (χ3v) is 5.60. The molecule has 0 saturated carbocycles. The highest BCUT2D eigenvalue weighted by molar-refractivity contribution is 7.89. The Morgan fingerprint density at radius 1 is 1.18 bits per heavy atom. The zero-order valence-corrected chi connectivity index (χ0v) is 13.6. The number of piperidine rings is 1. The summed E-state index contributed by atoms with van der Waals surface area (Å²) in [5, 5.41) is 3.03. The number of hydrogen-bond donors (Lipinski definition) is 1. The van der Waals surface area contributed by atoms with Crippen molar-refractivity contribution in [1.29, 1.82) is 0 Å². The summed E-state index contributed by atoms with van der Waals surface area (Å²) in [6, 6.07) is 1.39. The average molecular weight is 359 g/mol. The van der Waals surface area contributed by atoms with Crippen LogP contribution in [0, 0.1) is 23.4 Å². The minimum atomic E-state index is -4.14. The first-order valence-electron chi connectivity index (χ1n) is 6.66. The van der Waals surface area contributed by atoms with Crippen LogP contribution in [0.15, 0.2) is 17.0 Å². The molecule has 0 radical (unpaired) electrons. The summed E-state index contributed by atoms with van der Waals surface area (Å²) in [5.41, 5.74) is 0. The average Bonchev–Trinajstić information content (AvgIpc) is 2.45. The lowest BCUT2D eigenvalue weighted by molar-refractivity contribution is 0.269. The first-order valence-corrected chi connectivity index (χ1v) is 8.10. The van der Waals surface area contributed by atoms with E-state index in [1.807, 2.05) is 7.05 Å². The number of benzene rings is 1. The SMILES string of the molecule is CNCC1CCN(S(=O)(=O)c2ccc(F)c(F)c2F)CC1.Cl. The van der Waals surface area contributed by atoms with Crippen LogP contribution in [0.2, 0.25) is 0 Å². The molecule has 2 rings (SSSR count). The van der Waals surface area contributed by atoms with Gasteiger partial charge in [-0.15, -0.1) is 12.4 Å². The molecule has 0 unspecified atom stereocenters. The molecule has 0 bridgehead atoms. The largest absolute Gasteiger partial charge is 0.319 e. The van der Waals surface area contributed by atoms with Gasteiger partial charge in [0.25, 0.3) is 0 Å². The van der Waals surface area contributed by atoms with E-state index in [0.29, 0.717) is 24.8 Å². The molecule has 0 spiro atoms. The smallest absolute Gasteiger partial charge is 0.246 e. The van der Waals surface area contributed by atoms with Crippen molar-refractivity contribution < 1.29 is 21.6 Å². The van der Waals surface area contributed by atoms with Crippen molar-refractivity contribution >= 4 is 22.4 Å². The van der Waals surface area contributed by atoms with E-state index in [2.05, 4.69) is 5.32 Å². The van der Waals surface area contributed by atoms with Crippen LogP contribution >= 0.6 is 12.4 Å². The van der Waals surface area contributed by atoms with Gasteiger partial charge in [0.1, 0.15) is 4.90 Å². The van der Waals surface area contributed by atoms with E-state index in [0.717, 1.165) is 16.9 Å². The maximum atomic E-state index is 13.7. The number of sulfonamides is 1. The summed E-state index contributed by atoms with van der Waals surface area (Å²) in [6.07, 6.45) is 1.29. The molecule has 0 aliphatic carbocycles. The van der Waals surface area contributed by atoms with Crippen LogP contribution in [0.3, 0.4) is 0 Å². The minimum Gasteiger partial charge on any atom is -0.319 e. The van der Waals surface area contributed by atoms with Crippen molar-refractivity contribution in [2.24, 2.45) is 5.92 Å². The van der Waals surface area contributed by atoms with Gasteiger partial charge in [0.2, 0.25) is 10.0 Å². The molecule has 0 amide bonds. The van der Waals surface area contributed by atoms with Gasteiger partial charge in [-0.25, -0.2) is 21.6 Å². The highest BCUT2D eigenvalue weighted by Crippen LogP contribution is 2.26. The number of hydrogen-bond acceptors (Lipinski definition) is 3. The predicted molar refractivity (Wildman–Crippen MR) is 79.0 cm³/mol. The summed E-state index contributed by atoms with van der Waals surface area (Å²) in [7, 11) is -2.32. The number of nitrogens with one attached hydrogen (secondary N) is 1. The monoisotopic (exact) mass is 358 g/mol. The van der Waals surface area contributed by atoms with Crippen molar-refractivity contribution in [2.75, 3.05) is 26.7 Å². The molecule has 126 valence electrons. The molecule has 1 aliphatic heterocycles. The number of halogens is 4. The van der Waals surface area contributed by atoms with Gasteiger partial charge in [0.15, 0.2) is 17.5 Å². The predicted octanol–water partition coefficient (Wildman–Crippen LogP) is 2.15. The van der Waals surface area contributed by atoms with Crippen LogP contribution in [-0.2, 0) is 10.0 Å². The molecular weight excluding hydrogens is 341 g/mol. The van der Waals surface area contributed by atoms with Crippen LogP contribution < -0.4 is 5.32 Å². The Morgan fingerprint density at radius 3 is 2.32 bits per heavy atom. The second-order valence-electron chi connectivity index (χ2n) is 5.08. The lowest BCUT2D eigenvalue weighted by Gasteiger charge is -2.31. The Kier molecular flexibility index (Phi) is 6.66. The maximum absolute atomic E-state index is 13.7. The molecule has 1 aromatic rings. The van der Waals surface area contributed by atoms with Crippen molar-refractivity contribution in [1.82, 2.24) is 9.62 Å². The van der Waals surface area contributed by atoms with Gasteiger partial charge < -0.3 is 5.32 Å². The molecule has 1 aromatic carbocycles. The fourth-order valence-electron chi connectivity index (χ4n) is 2.49. The molecule has 1 heterocycles. The Balaban J connectivity index is 0.00000242. The molecule has 22 heavy (non-hydrogen) atoms. The number of nitrogens with zero attached hydrogens (tertiary/aromatic N) is 1. The second kappa shape index (κ2) is 7.63. The third-order valence-electron chi connectivity index (χ3n) is 3.68. The summed E-state index contributed by atoms with van der Waals surface area (Å²) in [6.45, 7) is 1.27. The Labute approximate surface area is 134 Å². The number of rotatable bonds is 4. The Hall–Kier alpha value is -0.830. The summed E-state index contributed by atoms with van der Waals surface area (Å²) in [5.74, 6) is -4.47. The van der Waals surface area contributed by atoms with Crippen LogP contribution in [0.1, 0.15) is 12.8 Å². The Bertz CT molecular complexity index is 620. The quantitative estimate of drug-likeness (QED) is 0.839. The zero-order chi connectivity index (χ0) is 15.6. The van der Waals surface area contributed by atoms with Crippen molar-refractivity contribution in [2.45, 2.75) is 17.7 Å². The van der Waals surface area contributed by atoms with Crippen molar-refractivity contribution in [3.63, 3.8) is 0 Å². The van der Waals surface area contributed by atoms with E-state index >= 15 is 0 Å². The van der Waals surface area contributed by atoms with E-state index < -0.39 is 32.4 Å². The van der Waals surface area contributed by atoms with Gasteiger partial charge >= 0.3 is 0 Å². The fourth-order valence-corrected chi connectivity index (χ4v) is 4.01. The highest BCUT2D eigenvalue weighted by atomic mass is 35.5. The van der Waals surface area contributed by atoms with E-state index in [1.54, 1.807) is 0 Å². The molecule has 1 saturated heterocycles. The molecule has 1 N–H and O–H groups in total. The summed E-state index contributed by atoms with van der Waals surface area (Å²) >= 11 is 0. The lowest BCUT2D eigenvalue weighted by Crippen LogP contribution is -2.40. The standard InChI is InChI=1S/C13H17F3N2O2S.ClH/c1-17-8-9-4-6-18(7-5-9)21(19,20)11-3-2-10(14)12(15)13(11)16;/h2-3,9,17H,4-8H2,1H3;1H. The first-order chi connectivity index (χ1) is 9.87. The zero-order valence-electron chi connectivity index (χ0n) is 12.0. The van der Waals surface area contributed by atoms with E-state index in [1.165, 1.54) is 0 Å². The maximum Gasteiger partial charge on any atom is 0.246 e. The van der Waals surface area contributed by atoms with Crippen molar-refractivity contribution in [3.05, 3.63) is 29.6 Å². The molecule has 1 fully saturated rings. The van der Waals surface area contributed by atoms with Gasteiger partial charge in [0.05, 0.1) is 0 Å². The van der Waals surface area contributed by atoms with Gasteiger partial charge in [-0.2, -0.15) is 4.31 Å². The molecule has 9 heteroatoms. The van der Waals surface area contributed by atoms with Crippen LogP contribution in [0.4, 0.5) is 13.2 Å².